The number of fused-ring (bicyclic) bond motifs is 1. The van der Waals surface area contributed by atoms with Crippen molar-refractivity contribution in [3.8, 4) is 0 Å². The second-order valence-electron chi connectivity index (χ2n) is 5.73. The van der Waals surface area contributed by atoms with E-state index < -0.39 is 11.7 Å². The molecular formula is C20H13FN2O3S. The molecule has 2 heterocycles. The number of carbonyl (C=O) groups excluding carboxylic acids is 2. The molecule has 7 heteroatoms. The average molecular weight is 380 g/mol. The Kier molecular flexibility index (Phi) is 4.43. The van der Waals surface area contributed by atoms with Crippen LogP contribution in [0.5, 0.6) is 0 Å². The molecule has 0 spiro atoms. The highest BCUT2D eigenvalue weighted by Crippen LogP contribution is 2.32. The molecule has 4 rings (SSSR count). The van der Waals surface area contributed by atoms with E-state index in [0.29, 0.717) is 27.9 Å². The van der Waals surface area contributed by atoms with Crippen LogP contribution in [0.4, 0.5) is 15.8 Å². The van der Waals surface area contributed by atoms with Crippen LogP contribution in [0.15, 0.2) is 69.8 Å². The largest absolute Gasteiger partial charge is 0.449 e. The average Bonchev–Trinajstić information content (AvgIpc) is 3.32. The molecule has 4 aromatic rings. The van der Waals surface area contributed by atoms with Gasteiger partial charge < -0.3 is 15.1 Å². The van der Waals surface area contributed by atoms with Crippen molar-refractivity contribution in [3.05, 3.63) is 82.5 Å². The molecule has 2 amide bonds. The molecule has 0 aliphatic rings. The standard InChI is InChI=1S/C20H13FN2O3S/c21-13-5-7-14(8-6-13)22-20(25)18-17(15-3-1-2-4-16(15)26-18)23-19(24)12-9-10-27-11-12/h1-11H,(H,22,25)(H,23,24). The predicted octanol–water partition coefficient (Wildman–Crippen LogP) is 5.14. The molecule has 0 aliphatic heterocycles. The summed E-state index contributed by atoms with van der Waals surface area (Å²) in [5, 5.41) is 9.54. The highest BCUT2D eigenvalue weighted by atomic mass is 32.1. The van der Waals surface area contributed by atoms with Gasteiger partial charge in [0, 0.05) is 16.5 Å². The van der Waals surface area contributed by atoms with Crippen molar-refractivity contribution in [2.24, 2.45) is 0 Å². The summed E-state index contributed by atoms with van der Waals surface area (Å²) in [4.78, 5) is 25.2. The fourth-order valence-electron chi connectivity index (χ4n) is 2.63. The summed E-state index contributed by atoms with van der Waals surface area (Å²) in [7, 11) is 0. The van der Waals surface area contributed by atoms with Crippen molar-refractivity contribution in [3.63, 3.8) is 0 Å². The summed E-state index contributed by atoms with van der Waals surface area (Å²) in [6.07, 6.45) is 0. The van der Waals surface area contributed by atoms with Gasteiger partial charge in [-0.25, -0.2) is 4.39 Å². The Morgan fingerprint density at radius 3 is 2.44 bits per heavy atom. The fourth-order valence-corrected chi connectivity index (χ4v) is 3.27. The Labute approximate surface area is 157 Å². The van der Waals surface area contributed by atoms with Gasteiger partial charge in [-0.1, -0.05) is 12.1 Å². The third kappa shape index (κ3) is 3.45. The molecule has 0 fully saturated rings. The molecule has 134 valence electrons. The van der Waals surface area contributed by atoms with Crippen LogP contribution in [0, 0.1) is 5.82 Å². The van der Waals surface area contributed by atoms with E-state index in [1.807, 2.05) is 0 Å². The van der Waals surface area contributed by atoms with E-state index in [-0.39, 0.29) is 11.7 Å². The minimum absolute atomic E-state index is 0.0240. The first kappa shape index (κ1) is 17.0. The third-order valence-corrected chi connectivity index (χ3v) is 4.61. The maximum Gasteiger partial charge on any atom is 0.293 e. The summed E-state index contributed by atoms with van der Waals surface area (Å²) in [5.41, 5.74) is 1.68. The number of benzene rings is 2. The lowest BCUT2D eigenvalue weighted by Crippen LogP contribution is -2.16. The summed E-state index contributed by atoms with van der Waals surface area (Å²) in [5.74, 6) is -1.30. The van der Waals surface area contributed by atoms with Gasteiger partial charge in [0.15, 0.2) is 0 Å². The van der Waals surface area contributed by atoms with E-state index in [1.165, 1.54) is 35.6 Å². The molecule has 0 atom stereocenters. The lowest BCUT2D eigenvalue weighted by molar-refractivity contribution is 0.0999. The smallest absolute Gasteiger partial charge is 0.293 e. The number of anilines is 2. The molecule has 0 saturated carbocycles. The SMILES string of the molecule is O=C(Nc1c(C(=O)Nc2ccc(F)cc2)oc2ccccc12)c1ccsc1. The number of hydrogen-bond donors (Lipinski definition) is 2. The van der Waals surface area contributed by atoms with Gasteiger partial charge in [-0.2, -0.15) is 11.3 Å². The Bertz CT molecular complexity index is 1120. The first-order valence-corrected chi connectivity index (χ1v) is 8.98. The zero-order chi connectivity index (χ0) is 18.8. The number of thiophene rings is 1. The Balaban J connectivity index is 1.70. The van der Waals surface area contributed by atoms with E-state index >= 15 is 0 Å². The van der Waals surface area contributed by atoms with Crippen LogP contribution in [0.3, 0.4) is 0 Å². The predicted molar refractivity (Wildman–Crippen MR) is 103 cm³/mol. The summed E-state index contributed by atoms with van der Waals surface area (Å²) < 4.78 is 18.7. The lowest BCUT2D eigenvalue weighted by atomic mass is 10.2. The van der Waals surface area contributed by atoms with Crippen molar-refractivity contribution in [1.82, 2.24) is 0 Å². The highest BCUT2D eigenvalue weighted by Gasteiger charge is 2.23. The Morgan fingerprint density at radius 2 is 1.70 bits per heavy atom. The van der Waals surface area contributed by atoms with Crippen LogP contribution in [0.1, 0.15) is 20.9 Å². The minimum atomic E-state index is -0.543. The number of nitrogens with one attached hydrogen (secondary N) is 2. The minimum Gasteiger partial charge on any atom is -0.449 e. The van der Waals surface area contributed by atoms with Crippen LogP contribution >= 0.6 is 11.3 Å². The second kappa shape index (κ2) is 7.05. The van der Waals surface area contributed by atoms with Gasteiger partial charge in [-0.3, -0.25) is 9.59 Å². The number of furan rings is 1. The van der Waals surface area contributed by atoms with Crippen molar-refractivity contribution in [1.29, 1.82) is 0 Å². The number of halogens is 1. The monoisotopic (exact) mass is 380 g/mol. The molecule has 2 N–H and O–H groups in total. The Hall–Kier alpha value is -3.45. The third-order valence-electron chi connectivity index (χ3n) is 3.93. The van der Waals surface area contributed by atoms with E-state index in [1.54, 1.807) is 41.1 Å². The van der Waals surface area contributed by atoms with Gasteiger partial charge in [-0.15, -0.1) is 0 Å². The molecule has 0 radical (unpaired) electrons. The number of para-hydroxylation sites is 1. The molecule has 0 unspecified atom stereocenters. The van der Waals surface area contributed by atoms with Gasteiger partial charge in [0.2, 0.25) is 5.76 Å². The van der Waals surface area contributed by atoms with Crippen molar-refractivity contribution < 1.29 is 18.4 Å². The highest BCUT2D eigenvalue weighted by molar-refractivity contribution is 7.08. The zero-order valence-corrected chi connectivity index (χ0v) is 14.7. The van der Waals surface area contributed by atoms with Crippen LogP contribution in [-0.4, -0.2) is 11.8 Å². The van der Waals surface area contributed by atoms with Crippen LogP contribution in [0.2, 0.25) is 0 Å². The molecule has 0 aliphatic carbocycles. The van der Waals surface area contributed by atoms with Gasteiger partial charge in [-0.05, 0) is 47.8 Å². The molecule has 0 bridgehead atoms. The van der Waals surface area contributed by atoms with Gasteiger partial charge in [0.05, 0.1) is 5.56 Å². The second-order valence-corrected chi connectivity index (χ2v) is 6.51. The van der Waals surface area contributed by atoms with E-state index in [2.05, 4.69) is 10.6 Å². The first-order valence-electron chi connectivity index (χ1n) is 8.04. The summed E-state index contributed by atoms with van der Waals surface area (Å²) >= 11 is 1.40. The number of amides is 2. The zero-order valence-electron chi connectivity index (χ0n) is 13.9. The first-order chi connectivity index (χ1) is 13.1. The van der Waals surface area contributed by atoms with Gasteiger partial charge in [0.25, 0.3) is 11.8 Å². The topological polar surface area (TPSA) is 71.3 Å². The number of rotatable bonds is 4. The van der Waals surface area contributed by atoms with Gasteiger partial charge in [0.1, 0.15) is 17.1 Å². The van der Waals surface area contributed by atoms with E-state index in [0.717, 1.165) is 0 Å². The van der Waals surface area contributed by atoms with Crippen molar-refractivity contribution >= 4 is 45.5 Å². The number of hydrogen-bond acceptors (Lipinski definition) is 4. The molecule has 5 nitrogen and oxygen atoms in total. The Morgan fingerprint density at radius 1 is 0.926 bits per heavy atom. The molecule has 2 aromatic carbocycles. The molecular weight excluding hydrogens is 367 g/mol. The fraction of sp³-hybridized carbons (Fsp3) is 0. The maximum absolute atomic E-state index is 13.1. The van der Waals surface area contributed by atoms with Crippen molar-refractivity contribution in [2.75, 3.05) is 10.6 Å². The number of carbonyl (C=O) groups is 2. The summed E-state index contributed by atoms with van der Waals surface area (Å²) in [6.45, 7) is 0. The van der Waals surface area contributed by atoms with Crippen molar-refractivity contribution in [2.45, 2.75) is 0 Å². The van der Waals surface area contributed by atoms with E-state index in [9.17, 15) is 14.0 Å². The van der Waals surface area contributed by atoms with Crippen LogP contribution < -0.4 is 10.6 Å². The quantitative estimate of drug-likeness (QED) is 0.515. The van der Waals surface area contributed by atoms with Crippen LogP contribution in [-0.2, 0) is 0 Å². The lowest BCUT2D eigenvalue weighted by Gasteiger charge is -2.07. The maximum atomic E-state index is 13.1. The van der Waals surface area contributed by atoms with E-state index in [4.69, 9.17) is 4.42 Å². The van der Waals surface area contributed by atoms with Crippen LogP contribution in [0.25, 0.3) is 11.0 Å². The van der Waals surface area contributed by atoms with Gasteiger partial charge >= 0.3 is 0 Å². The normalized spacial score (nSPS) is 10.7. The molecule has 0 saturated heterocycles. The summed E-state index contributed by atoms with van der Waals surface area (Å²) in [6, 6.07) is 14.1. The molecule has 2 aromatic heterocycles. The molecule has 27 heavy (non-hydrogen) atoms.